The smallest absolute Gasteiger partial charge is 0.256 e. The molecule has 0 aliphatic carbocycles. The number of nitrogens with zero attached hydrogens (tertiary/aromatic N) is 1. The van der Waals surface area contributed by atoms with Crippen LogP contribution in [0.5, 0.6) is 0 Å². The number of aromatic nitrogens is 2. The van der Waals surface area contributed by atoms with E-state index in [1.54, 1.807) is 13.8 Å². The molecule has 0 atom stereocenters. The van der Waals surface area contributed by atoms with Crippen LogP contribution in [-0.2, 0) is 6.54 Å². The summed E-state index contributed by atoms with van der Waals surface area (Å²) >= 11 is 0. The Balaban J connectivity index is 1.93. The summed E-state index contributed by atoms with van der Waals surface area (Å²) < 4.78 is 0. The first-order chi connectivity index (χ1) is 13.8. The van der Waals surface area contributed by atoms with Gasteiger partial charge in [0.25, 0.3) is 11.5 Å². The molecule has 0 aliphatic rings. The molecule has 0 aliphatic heterocycles. The van der Waals surface area contributed by atoms with E-state index in [0.29, 0.717) is 22.6 Å². The lowest BCUT2D eigenvalue weighted by Gasteiger charge is -2.15. The molecule has 1 heterocycles. The average Bonchev–Trinajstić information content (AvgIpc) is 2.67. The van der Waals surface area contributed by atoms with E-state index in [9.17, 15) is 9.59 Å². The topological polar surface area (TPSA) is 86.9 Å². The first-order valence-corrected chi connectivity index (χ1v) is 9.54. The molecular weight excluding hydrogens is 364 g/mol. The molecule has 0 fully saturated rings. The quantitative estimate of drug-likeness (QED) is 0.621. The molecule has 150 valence electrons. The molecule has 3 N–H and O–H groups in total. The van der Waals surface area contributed by atoms with Crippen LogP contribution in [0.25, 0.3) is 11.1 Å². The van der Waals surface area contributed by atoms with Crippen LogP contribution in [0.1, 0.15) is 38.6 Å². The molecular formula is C23H26N4O2. The highest BCUT2D eigenvalue weighted by Crippen LogP contribution is 2.29. The Morgan fingerprint density at radius 2 is 1.72 bits per heavy atom. The summed E-state index contributed by atoms with van der Waals surface area (Å²) in [6.45, 7) is 7.57. The predicted octanol–water partition coefficient (Wildman–Crippen LogP) is 3.64. The van der Waals surface area contributed by atoms with Crippen molar-refractivity contribution in [3.05, 3.63) is 80.5 Å². The molecule has 29 heavy (non-hydrogen) atoms. The summed E-state index contributed by atoms with van der Waals surface area (Å²) in [7, 11) is 1.84. The minimum Gasteiger partial charge on any atom is -0.388 e. The zero-order chi connectivity index (χ0) is 21.1. The van der Waals surface area contributed by atoms with E-state index < -0.39 is 0 Å². The van der Waals surface area contributed by atoms with E-state index in [0.717, 1.165) is 22.4 Å². The SMILES string of the molecule is CNc1cc(-c2ccc(C)cc2)cc(C(=O)NCc2c(C)nc(C)[nH]c2=O)c1C. The fourth-order valence-corrected chi connectivity index (χ4v) is 3.35. The number of aromatic amines is 1. The first-order valence-electron chi connectivity index (χ1n) is 9.54. The molecule has 0 unspecified atom stereocenters. The molecule has 1 aromatic heterocycles. The summed E-state index contributed by atoms with van der Waals surface area (Å²) in [5.41, 5.74) is 6.34. The van der Waals surface area contributed by atoms with Gasteiger partial charge in [0, 0.05) is 24.0 Å². The maximum Gasteiger partial charge on any atom is 0.256 e. The molecule has 6 nitrogen and oxygen atoms in total. The van der Waals surface area contributed by atoms with Crippen molar-refractivity contribution in [2.75, 3.05) is 12.4 Å². The predicted molar refractivity (Wildman–Crippen MR) is 116 cm³/mol. The highest BCUT2D eigenvalue weighted by atomic mass is 16.1. The zero-order valence-electron chi connectivity index (χ0n) is 17.4. The summed E-state index contributed by atoms with van der Waals surface area (Å²) in [6, 6.07) is 12.1. The van der Waals surface area contributed by atoms with Gasteiger partial charge in [-0.3, -0.25) is 9.59 Å². The Kier molecular flexibility index (Phi) is 5.82. The second-order valence-corrected chi connectivity index (χ2v) is 7.21. The van der Waals surface area contributed by atoms with E-state index in [1.165, 1.54) is 5.56 Å². The van der Waals surface area contributed by atoms with Gasteiger partial charge in [-0.1, -0.05) is 29.8 Å². The van der Waals surface area contributed by atoms with E-state index in [1.807, 2.05) is 57.3 Å². The van der Waals surface area contributed by atoms with Gasteiger partial charge in [-0.05, 0) is 56.5 Å². The maximum absolute atomic E-state index is 13.0. The first kappa shape index (κ1) is 20.3. The number of aryl methyl sites for hydroxylation is 3. The van der Waals surface area contributed by atoms with Crippen molar-refractivity contribution in [1.82, 2.24) is 15.3 Å². The third-order valence-electron chi connectivity index (χ3n) is 5.07. The minimum atomic E-state index is -0.229. The molecule has 3 aromatic rings. The van der Waals surface area contributed by atoms with Gasteiger partial charge in [-0.15, -0.1) is 0 Å². The molecule has 0 bridgehead atoms. The zero-order valence-corrected chi connectivity index (χ0v) is 17.4. The van der Waals surface area contributed by atoms with Crippen molar-refractivity contribution in [1.29, 1.82) is 0 Å². The number of anilines is 1. The number of benzene rings is 2. The molecule has 1 amide bonds. The van der Waals surface area contributed by atoms with Gasteiger partial charge in [0.1, 0.15) is 5.82 Å². The van der Waals surface area contributed by atoms with Crippen LogP contribution in [0.15, 0.2) is 41.2 Å². The van der Waals surface area contributed by atoms with Gasteiger partial charge in [0.2, 0.25) is 0 Å². The van der Waals surface area contributed by atoms with Gasteiger partial charge in [0.05, 0.1) is 12.1 Å². The van der Waals surface area contributed by atoms with E-state index in [-0.39, 0.29) is 18.0 Å². The number of hydrogen-bond donors (Lipinski definition) is 3. The second-order valence-electron chi connectivity index (χ2n) is 7.21. The van der Waals surface area contributed by atoms with Crippen LogP contribution in [0.4, 0.5) is 5.69 Å². The lowest BCUT2D eigenvalue weighted by Crippen LogP contribution is -2.29. The summed E-state index contributed by atoms with van der Waals surface area (Å²) in [5.74, 6) is 0.329. The maximum atomic E-state index is 13.0. The molecule has 0 saturated heterocycles. The lowest BCUT2D eigenvalue weighted by molar-refractivity contribution is 0.0950. The van der Waals surface area contributed by atoms with Crippen LogP contribution in [0, 0.1) is 27.7 Å². The van der Waals surface area contributed by atoms with E-state index in [4.69, 9.17) is 0 Å². The normalized spacial score (nSPS) is 10.7. The van der Waals surface area contributed by atoms with E-state index in [2.05, 4.69) is 20.6 Å². The molecule has 0 spiro atoms. The van der Waals surface area contributed by atoms with Gasteiger partial charge in [-0.2, -0.15) is 0 Å². The second kappa shape index (κ2) is 8.31. The standard InChI is InChI=1S/C23H26N4O2/c1-13-6-8-17(9-7-13)18-10-19(14(2)21(11-18)24-5)22(28)25-12-20-15(3)26-16(4)27-23(20)29/h6-11,24H,12H2,1-5H3,(H,25,28)(H,26,27,29). The van der Waals surface area contributed by atoms with Crippen LogP contribution in [-0.4, -0.2) is 22.9 Å². The van der Waals surface area contributed by atoms with Crippen LogP contribution in [0.3, 0.4) is 0 Å². The molecule has 6 heteroatoms. The monoisotopic (exact) mass is 390 g/mol. The number of carbonyl (C=O) groups excluding carboxylic acids is 1. The summed E-state index contributed by atoms with van der Waals surface area (Å²) in [5, 5.41) is 6.03. The van der Waals surface area contributed by atoms with E-state index >= 15 is 0 Å². The highest BCUT2D eigenvalue weighted by Gasteiger charge is 2.16. The van der Waals surface area contributed by atoms with Crippen molar-refractivity contribution in [3.8, 4) is 11.1 Å². The van der Waals surface area contributed by atoms with Crippen molar-refractivity contribution < 1.29 is 4.79 Å². The fraction of sp³-hybridized carbons (Fsp3) is 0.261. The third kappa shape index (κ3) is 4.37. The Bertz CT molecular complexity index is 1110. The Labute approximate surface area is 170 Å². The van der Waals surface area contributed by atoms with Crippen LogP contribution < -0.4 is 16.2 Å². The van der Waals surface area contributed by atoms with Crippen molar-refractivity contribution >= 4 is 11.6 Å². The van der Waals surface area contributed by atoms with Gasteiger partial charge < -0.3 is 15.6 Å². The highest BCUT2D eigenvalue weighted by molar-refractivity contribution is 5.98. The third-order valence-corrected chi connectivity index (χ3v) is 5.07. The number of hydrogen-bond acceptors (Lipinski definition) is 4. The van der Waals surface area contributed by atoms with Crippen LogP contribution >= 0.6 is 0 Å². The molecule has 3 rings (SSSR count). The Morgan fingerprint density at radius 1 is 1.03 bits per heavy atom. The van der Waals surface area contributed by atoms with Gasteiger partial charge in [0.15, 0.2) is 0 Å². The molecule has 0 saturated carbocycles. The average molecular weight is 390 g/mol. The largest absolute Gasteiger partial charge is 0.388 e. The lowest BCUT2D eigenvalue weighted by atomic mass is 9.97. The number of rotatable bonds is 5. The molecule has 0 radical (unpaired) electrons. The van der Waals surface area contributed by atoms with Crippen molar-refractivity contribution in [3.63, 3.8) is 0 Å². The fourth-order valence-electron chi connectivity index (χ4n) is 3.35. The minimum absolute atomic E-state index is 0.121. The molecule has 2 aromatic carbocycles. The number of H-pyrrole nitrogens is 1. The summed E-state index contributed by atoms with van der Waals surface area (Å²) in [4.78, 5) is 32.1. The number of nitrogens with one attached hydrogen (secondary N) is 3. The van der Waals surface area contributed by atoms with Crippen molar-refractivity contribution in [2.45, 2.75) is 34.2 Å². The Morgan fingerprint density at radius 3 is 2.34 bits per heavy atom. The van der Waals surface area contributed by atoms with Crippen LogP contribution in [0.2, 0.25) is 0 Å². The number of carbonyl (C=O) groups is 1. The summed E-state index contributed by atoms with van der Waals surface area (Å²) in [6.07, 6.45) is 0. The Hall–Kier alpha value is -3.41. The van der Waals surface area contributed by atoms with Gasteiger partial charge >= 0.3 is 0 Å². The van der Waals surface area contributed by atoms with Gasteiger partial charge in [-0.25, -0.2) is 4.98 Å². The number of amides is 1. The van der Waals surface area contributed by atoms with Crippen molar-refractivity contribution in [2.24, 2.45) is 0 Å².